The molecule has 2 aromatic carbocycles. The standard InChI is InChI=1S/C28H32N6O3/c1-3-29-17-28(37,22-11-9-21(10-12-22)20-7-5-4-6-8-20)27(36)34-15-13-33(14-16-34)25-23-19(2)26(35)32-24(23)30-18-31-25/h4-12,18-19,29,37H,3,13-17H2,1-2H3,(H,30,31,32,35)/t19?,28-/m0/s1. The van der Waals surface area contributed by atoms with E-state index >= 15 is 0 Å². The minimum absolute atomic E-state index is 0.0858. The van der Waals surface area contributed by atoms with Gasteiger partial charge in [0.2, 0.25) is 5.91 Å². The fourth-order valence-corrected chi connectivity index (χ4v) is 5.05. The number of nitrogens with zero attached hydrogens (tertiary/aromatic N) is 4. The van der Waals surface area contributed by atoms with Crippen molar-refractivity contribution in [2.75, 3.05) is 49.5 Å². The number of likely N-dealkylation sites (N-methyl/N-ethyl adjacent to an activating group) is 1. The first-order chi connectivity index (χ1) is 17.9. The zero-order valence-corrected chi connectivity index (χ0v) is 21.1. The molecule has 0 saturated carbocycles. The number of anilines is 2. The van der Waals surface area contributed by atoms with Crippen LogP contribution in [0.2, 0.25) is 0 Å². The zero-order chi connectivity index (χ0) is 26.0. The number of carbonyl (C=O) groups excluding carboxylic acids is 2. The fourth-order valence-electron chi connectivity index (χ4n) is 5.05. The fraction of sp³-hybridized carbons (Fsp3) is 0.357. The van der Waals surface area contributed by atoms with E-state index in [2.05, 4.69) is 25.5 Å². The number of aliphatic hydroxyl groups is 1. The van der Waals surface area contributed by atoms with Crippen LogP contribution in [0.25, 0.3) is 11.1 Å². The molecule has 1 aromatic heterocycles. The van der Waals surface area contributed by atoms with Crippen LogP contribution in [0.3, 0.4) is 0 Å². The van der Waals surface area contributed by atoms with Gasteiger partial charge in [0.1, 0.15) is 18.0 Å². The summed E-state index contributed by atoms with van der Waals surface area (Å²) in [5.74, 6) is 0.549. The molecule has 37 heavy (non-hydrogen) atoms. The van der Waals surface area contributed by atoms with Gasteiger partial charge in [0.05, 0.1) is 5.92 Å². The van der Waals surface area contributed by atoms with E-state index in [0.29, 0.717) is 44.1 Å². The molecule has 9 heteroatoms. The lowest BCUT2D eigenvalue weighted by Crippen LogP contribution is -2.57. The van der Waals surface area contributed by atoms with Gasteiger partial charge in [0, 0.05) is 38.3 Å². The number of hydrogen-bond donors (Lipinski definition) is 3. The third kappa shape index (κ3) is 4.68. The summed E-state index contributed by atoms with van der Waals surface area (Å²) in [5.41, 5.74) is 1.78. The minimum atomic E-state index is -1.69. The van der Waals surface area contributed by atoms with Gasteiger partial charge in [-0.25, -0.2) is 9.97 Å². The Morgan fingerprint density at radius 2 is 1.73 bits per heavy atom. The average Bonchev–Trinajstić information content (AvgIpc) is 3.25. The number of nitrogens with one attached hydrogen (secondary N) is 2. The lowest BCUT2D eigenvalue weighted by molar-refractivity contribution is -0.152. The maximum atomic E-state index is 13.7. The van der Waals surface area contributed by atoms with E-state index in [4.69, 9.17) is 0 Å². The second-order valence-electron chi connectivity index (χ2n) is 9.53. The molecule has 3 heterocycles. The number of rotatable bonds is 7. The first-order valence-corrected chi connectivity index (χ1v) is 12.7. The molecule has 5 rings (SSSR count). The molecule has 0 radical (unpaired) electrons. The highest BCUT2D eigenvalue weighted by atomic mass is 16.3. The Kier molecular flexibility index (Phi) is 6.90. The predicted octanol–water partition coefficient (Wildman–Crippen LogP) is 2.35. The summed E-state index contributed by atoms with van der Waals surface area (Å²) < 4.78 is 0. The van der Waals surface area contributed by atoms with Gasteiger partial charge in [-0.2, -0.15) is 0 Å². The number of amides is 2. The number of carbonyl (C=O) groups is 2. The Labute approximate surface area is 216 Å². The smallest absolute Gasteiger partial charge is 0.260 e. The van der Waals surface area contributed by atoms with Crippen LogP contribution in [0.15, 0.2) is 60.9 Å². The van der Waals surface area contributed by atoms with Gasteiger partial charge in [0.15, 0.2) is 5.60 Å². The van der Waals surface area contributed by atoms with Crippen LogP contribution in [0, 0.1) is 0 Å². The molecule has 2 aliphatic heterocycles. The lowest BCUT2D eigenvalue weighted by Gasteiger charge is -2.40. The lowest BCUT2D eigenvalue weighted by atomic mass is 9.90. The van der Waals surface area contributed by atoms with Crippen molar-refractivity contribution >= 4 is 23.5 Å². The molecule has 0 aliphatic carbocycles. The van der Waals surface area contributed by atoms with Crippen molar-refractivity contribution < 1.29 is 14.7 Å². The van der Waals surface area contributed by atoms with E-state index in [1.54, 1.807) is 4.90 Å². The van der Waals surface area contributed by atoms with Crippen molar-refractivity contribution in [3.05, 3.63) is 72.1 Å². The van der Waals surface area contributed by atoms with E-state index in [9.17, 15) is 14.7 Å². The molecule has 2 amide bonds. The molecule has 0 spiro atoms. The summed E-state index contributed by atoms with van der Waals surface area (Å²) >= 11 is 0. The van der Waals surface area contributed by atoms with E-state index in [1.165, 1.54) is 6.33 Å². The number of piperazine rings is 1. The highest BCUT2D eigenvalue weighted by molar-refractivity contribution is 6.03. The number of benzene rings is 2. The summed E-state index contributed by atoms with van der Waals surface area (Å²) in [6, 6.07) is 17.6. The second-order valence-corrected chi connectivity index (χ2v) is 9.53. The molecular weight excluding hydrogens is 468 g/mol. The molecule has 9 nitrogen and oxygen atoms in total. The molecule has 3 aromatic rings. The number of fused-ring (bicyclic) bond motifs is 1. The van der Waals surface area contributed by atoms with E-state index < -0.39 is 5.60 Å². The molecule has 192 valence electrons. The molecule has 3 N–H and O–H groups in total. The van der Waals surface area contributed by atoms with E-state index in [-0.39, 0.29) is 24.3 Å². The van der Waals surface area contributed by atoms with Crippen LogP contribution in [0.5, 0.6) is 0 Å². The van der Waals surface area contributed by atoms with Crippen LogP contribution in [0.4, 0.5) is 11.6 Å². The highest BCUT2D eigenvalue weighted by Crippen LogP contribution is 2.37. The quantitative estimate of drug-likeness (QED) is 0.457. The molecular formula is C28H32N6O3. The normalized spacial score (nSPS) is 18.8. The van der Waals surface area contributed by atoms with Gasteiger partial charge in [0.25, 0.3) is 5.91 Å². The third-order valence-corrected chi connectivity index (χ3v) is 7.25. The Balaban J connectivity index is 1.33. The Morgan fingerprint density at radius 1 is 1.05 bits per heavy atom. The van der Waals surface area contributed by atoms with E-state index in [0.717, 1.165) is 22.5 Å². The number of aromatic nitrogens is 2. The summed E-state index contributed by atoms with van der Waals surface area (Å²) in [4.78, 5) is 38.4. The molecule has 0 bridgehead atoms. The summed E-state index contributed by atoms with van der Waals surface area (Å²) in [6.45, 7) is 6.50. The van der Waals surface area contributed by atoms with Gasteiger partial charge >= 0.3 is 0 Å². The molecule has 1 unspecified atom stereocenters. The molecule has 1 saturated heterocycles. The zero-order valence-electron chi connectivity index (χ0n) is 21.1. The van der Waals surface area contributed by atoms with Gasteiger partial charge in [-0.1, -0.05) is 61.5 Å². The van der Waals surface area contributed by atoms with Crippen LogP contribution >= 0.6 is 0 Å². The first kappa shape index (κ1) is 24.9. The van der Waals surface area contributed by atoms with Crippen molar-refractivity contribution in [2.45, 2.75) is 25.4 Å². The van der Waals surface area contributed by atoms with Crippen LogP contribution in [0.1, 0.15) is 30.9 Å². The van der Waals surface area contributed by atoms with Gasteiger partial charge in [-0.05, 0) is 30.2 Å². The topological polar surface area (TPSA) is 111 Å². The first-order valence-electron chi connectivity index (χ1n) is 12.7. The maximum Gasteiger partial charge on any atom is 0.260 e. The monoisotopic (exact) mass is 500 g/mol. The second kappa shape index (κ2) is 10.3. The largest absolute Gasteiger partial charge is 0.374 e. The van der Waals surface area contributed by atoms with Gasteiger partial charge in [-0.3, -0.25) is 9.59 Å². The Bertz CT molecular complexity index is 1270. The average molecular weight is 501 g/mol. The maximum absolute atomic E-state index is 13.7. The molecule has 1 fully saturated rings. The van der Waals surface area contributed by atoms with Crippen molar-refractivity contribution in [1.82, 2.24) is 20.2 Å². The van der Waals surface area contributed by atoms with Gasteiger partial charge in [-0.15, -0.1) is 0 Å². The predicted molar refractivity (Wildman–Crippen MR) is 142 cm³/mol. The van der Waals surface area contributed by atoms with Crippen LogP contribution in [-0.4, -0.2) is 71.1 Å². The summed E-state index contributed by atoms with van der Waals surface area (Å²) in [7, 11) is 0. The van der Waals surface area contributed by atoms with Crippen molar-refractivity contribution in [3.63, 3.8) is 0 Å². The number of hydrogen-bond acceptors (Lipinski definition) is 7. The van der Waals surface area contributed by atoms with Gasteiger partial charge < -0.3 is 25.5 Å². The summed E-state index contributed by atoms with van der Waals surface area (Å²) in [5, 5.41) is 17.7. The van der Waals surface area contributed by atoms with Crippen LogP contribution < -0.4 is 15.5 Å². The molecule has 2 aliphatic rings. The van der Waals surface area contributed by atoms with Crippen LogP contribution in [-0.2, 0) is 15.2 Å². The van der Waals surface area contributed by atoms with E-state index in [1.807, 2.05) is 68.4 Å². The van der Waals surface area contributed by atoms with Crippen molar-refractivity contribution in [2.24, 2.45) is 0 Å². The Morgan fingerprint density at radius 3 is 2.41 bits per heavy atom. The highest BCUT2D eigenvalue weighted by Gasteiger charge is 2.42. The van der Waals surface area contributed by atoms with Crippen molar-refractivity contribution in [1.29, 1.82) is 0 Å². The summed E-state index contributed by atoms with van der Waals surface area (Å²) in [6.07, 6.45) is 1.46. The minimum Gasteiger partial charge on any atom is -0.374 e. The Hall–Kier alpha value is -3.82. The third-order valence-electron chi connectivity index (χ3n) is 7.25. The molecule has 2 atom stereocenters. The SMILES string of the molecule is CCNC[C@@](O)(C(=O)N1CCN(c2ncnc3c2C(C)C(=O)N3)CC1)c1ccc(-c2ccccc2)cc1. The van der Waals surface area contributed by atoms with Crippen molar-refractivity contribution in [3.8, 4) is 11.1 Å².